The zero-order chi connectivity index (χ0) is 16.2. The Morgan fingerprint density at radius 3 is 2.70 bits per heavy atom. The molecular formula is C17H16ClN3OS. The molecule has 23 heavy (non-hydrogen) atoms. The Morgan fingerprint density at radius 1 is 1.26 bits per heavy atom. The Hall–Kier alpha value is -2.11. The summed E-state index contributed by atoms with van der Waals surface area (Å²) in [5.74, 6) is -0.176. The molecule has 0 bridgehead atoms. The standard InChI is InChI=1S/C17H16ClN3OS/c1-2-21-14(15-8-9-16(18)23-15)10-13(20-21)17(22)19-11-12-6-4-3-5-7-12/h3-10H,2,11H2,1H3,(H,19,22). The number of thiophene rings is 1. The van der Waals surface area contributed by atoms with Gasteiger partial charge >= 0.3 is 0 Å². The molecule has 6 heteroatoms. The van der Waals surface area contributed by atoms with Crippen LogP contribution in [0.5, 0.6) is 0 Å². The number of nitrogens with one attached hydrogen (secondary N) is 1. The highest BCUT2D eigenvalue weighted by Crippen LogP contribution is 2.31. The van der Waals surface area contributed by atoms with Crippen molar-refractivity contribution < 1.29 is 4.79 Å². The van der Waals surface area contributed by atoms with Gasteiger partial charge in [0.15, 0.2) is 5.69 Å². The normalized spacial score (nSPS) is 10.7. The zero-order valence-corrected chi connectivity index (χ0v) is 14.2. The average Bonchev–Trinajstić information content (AvgIpc) is 3.19. The summed E-state index contributed by atoms with van der Waals surface area (Å²) in [7, 11) is 0. The lowest BCUT2D eigenvalue weighted by Crippen LogP contribution is -2.23. The van der Waals surface area contributed by atoms with Crippen LogP contribution < -0.4 is 5.32 Å². The largest absolute Gasteiger partial charge is 0.347 e. The Kier molecular flexibility index (Phi) is 4.79. The van der Waals surface area contributed by atoms with E-state index in [9.17, 15) is 4.79 Å². The van der Waals surface area contributed by atoms with Gasteiger partial charge in [0.1, 0.15) is 0 Å². The molecule has 118 valence electrons. The molecule has 0 aliphatic rings. The van der Waals surface area contributed by atoms with Crippen molar-refractivity contribution >= 4 is 28.8 Å². The molecule has 1 amide bonds. The van der Waals surface area contributed by atoms with Gasteiger partial charge in [-0.15, -0.1) is 11.3 Å². The van der Waals surface area contributed by atoms with Gasteiger partial charge in [0, 0.05) is 13.1 Å². The molecule has 0 saturated heterocycles. The predicted octanol–water partition coefficient (Wildman–Crippen LogP) is 4.21. The second kappa shape index (κ2) is 6.98. The minimum atomic E-state index is -0.176. The number of carbonyl (C=O) groups excluding carboxylic acids is 1. The van der Waals surface area contributed by atoms with Crippen LogP contribution >= 0.6 is 22.9 Å². The smallest absolute Gasteiger partial charge is 0.272 e. The lowest BCUT2D eigenvalue weighted by atomic mass is 10.2. The molecular weight excluding hydrogens is 330 g/mol. The number of amides is 1. The summed E-state index contributed by atoms with van der Waals surface area (Å²) in [6.07, 6.45) is 0. The first-order valence-corrected chi connectivity index (χ1v) is 8.52. The number of nitrogens with zero attached hydrogens (tertiary/aromatic N) is 2. The van der Waals surface area contributed by atoms with E-state index in [0.717, 1.165) is 20.5 Å². The highest BCUT2D eigenvalue weighted by molar-refractivity contribution is 7.19. The van der Waals surface area contributed by atoms with Gasteiger partial charge in [-0.1, -0.05) is 41.9 Å². The summed E-state index contributed by atoms with van der Waals surface area (Å²) in [4.78, 5) is 13.3. The van der Waals surface area contributed by atoms with E-state index in [-0.39, 0.29) is 5.91 Å². The van der Waals surface area contributed by atoms with Gasteiger partial charge in [0.05, 0.1) is 14.9 Å². The Morgan fingerprint density at radius 2 is 2.04 bits per heavy atom. The second-order valence-corrected chi connectivity index (χ2v) is 6.72. The van der Waals surface area contributed by atoms with Crippen LogP contribution in [0.1, 0.15) is 23.0 Å². The van der Waals surface area contributed by atoms with Crippen LogP contribution in [0.3, 0.4) is 0 Å². The topological polar surface area (TPSA) is 46.9 Å². The van der Waals surface area contributed by atoms with E-state index in [1.807, 2.05) is 60.1 Å². The Bertz CT molecular complexity index is 810. The van der Waals surface area contributed by atoms with Gasteiger partial charge in [-0.3, -0.25) is 9.48 Å². The van der Waals surface area contributed by atoms with Crippen molar-refractivity contribution in [1.29, 1.82) is 0 Å². The summed E-state index contributed by atoms with van der Waals surface area (Å²) < 4.78 is 2.54. The van der Waals surface area contributed by atoms with Crippen molar-refractivity contribution in [2.75, 3.05) is 0 Å². The van der Waals surface area contributed by atoms with E-state index >= 15 is 0 Å². The number of aryl methyl sites for hydroxylation is 1. The summed E-state index contributed by atoms with van der Waals surface area (Å²) in [5, 5.41) is 7.29. The maximum atomic E-state index is 12.3. The lowest BCUT2D eigenvalue weighted by molar-refractivity contribution is 0.0945. The highest BCUT2D eigenvalue weighted by Gasteiger charge is 2.15. The van der Waals surface area contributed by atoms with Crippen LogP contribution in [0, 0.1) is 0 Å². The SMILES string of the molecule is CCn1nc(C(=O)NCc2ccccc2)cc1-c1ccc(Cl)s1. The molecule has 0 atom stereocenters. The monoisotopic (exact) mass is 345 g/mol. The second-order valence-electron chi connectivity index (χ2n) is 5.00. The number of hydrogen-bond acceptors (Lipinski definition) is 3. The third-order valence-electron chi connectivity index (χ3n) is 3.43. The quantitative estimate of drug-likeness (QED) is 0.752. The minimum absolute atomic E-state index is 0.176. The summed E-state index contributed by atoms with van der Waals surface area (Å²) >= 11 is 7.48. The molecule has 1 N–H and O–H groups in total. The highest BCUT2D eigenvalue weighted by atomic mass is 35.5. The third kappa shape index (κ3) is 3.63. The van der Waals surface area contributed by atoms with E-state index in [2.05, 4.69) is 10.4 Å². The van der Waals surface area contributed by atoms with Gasteiger partial charge in [-0.25, -0.2) is 0 Å². The maximum Gasteiger partial charge on any atom is 0.272 e. The van der Waals surface area contributed by atoms with E-state index in [0.29, 0.717) is 18.8 Å². The number of halogens is 1. The number of carbonyl (C=O) groups is 1. The fourth-order valence-electron chi connectivity index (χ4n) is 2.29. The van der Waals surface area contributed by atoms with Crippen LogP contribution in [0.2, 0.25) is 4.34 Å². The first kappa shape index (κ1) is 15.8. The molecule has 0 aliphatic heterocycles. The average molecular weight is 346 g/mol. The number of benzene rings is 1. The van der Waals surface area contributed by atoms with Crippen molar-refractivity contribution in [1.82, 2.24) is 15.1 Å². The van der Waals surface area contributed by atoms with Crippen LogP contribution in [-0.4, -0.2) is 15.7 Å². The Labute approximate surface area is 143 Å². The molecule has 3 rings (SSSR count). The van der Waals surface area contributed by atoms with Gasteiger partial charge in [0.2, 0.25) is 0 Å². The summed E-state index contributed by atoms with van der Waals surface area (Å²) in [6.45, 7) is 3.17. The van der Waals surface area contributed by atoms with Gasteiger partial charge in [-0.2, -0.15) is 5.10 Å². The zero-order valence-electron chi connectivity index (χ0n) is 12.6. The first-order chi connectivity index (χ1) is 11.2. The summed E-state index contributed by atoms with van der Waals surface area (Å²) in [6, 6.07) is 15.4. The van der Waals surface area contributed by atoms with Crippen molar-refractivity contribution in [2.24, 2.45) is 0 Å². The molecule has 0 fully saturated rings. The van der Waals surface area contributed by atoms with E-state index < -0.39 is 0 Å². The molecule has 4 nitrogen and oxygen atoms in total. The van der Waals surface area contributed by atoms with E-state index in [1.165, 1.54) is 11.3 Å². The molecule has 0 saturated carbocycles. The minimum Gasteiger partial charge on any atom is -0.347 e. The van der Waals surface area contributed by atoms with Crippen LogP contribution in [-0.2, 0) is 13.1 Å². The summed E-state index contributed by atoms with van der Waals surface area (Å²) in [5.41, 5.74) is 2.39. The number of aromatic nitrogens is 2. The fourth-order valence-corrected chi connectivity index (χ4v) is 3.35. The van der Waals surface area contributed by atoms with Crippen molar-refractivity contribution in [3.05, 3.63) is 64.1 Å². The fraction of sp³-hybridized carbons (Fsp3) is 0.176. The maximum absolute atomic E-state index is 12.3. The van der Waals surface area contributed by atoms with E-state index in [1.54, 1.807) is 0 Å². The molecule has 2 heterocycles. The van der Waals surface area contributed by atoms with Crippen LogP contribution in [0.4, 0.5) is 0 Å². The van der Waals surface area contributed by atoms with Crippen LogP contribution in [0.15, 0.2) is 48.5 Å². The first-order valence-electron chi connectivity index (χ1n) is 7.33. The molecule has 0 radical (unpaired) electrons. The molecule has 1 aromatic carbocycles. The van der Waals surface area contributed by atoms with Gasteiger partial charge in [0.25, 0.3) is 5.91 Å². The molecule has 2 aromatic heterocycles. The van der Waals surface area contributed by atoms with Crippen LogP contribution in [0.25, 0.3) is 10.6 Å². The number of rotatable bonds is 5. The lowest BCUT2D eigenvalue weighted by Gasteiger charge is -2.03. The van der Waals surface area contributed by atoms with Crippen molar-refractivity contribution in [3.8, 4) is 10.6 Å². The third-order valence-corrected chi connectivity index (χ3v) is 4.69. The van der Waals surface area contributed by atoms with Crippen molar-refractivity contribution in [2.45, 2.75) is 20.0 Å². The Balaban J connectivity index is 1.77. The number of hydrogen-bond donors (Lipinski definition) is 1. The van der Waals surface area contributed by atoms with Gasteiger partial charge in [-0.05, 0) is 30.7 Å². The van der Waals surface area contributed by atoms with Gasteiger partial charge < -0.3 is 5.32 Å². The molecule has 3 aromatic rings. The molecule has 0 aliphatic carbocycles. The van der Waals surface area contributed by atoms with E-state index in [4.69, 9.17) is 11.6 Å². The predicted molar refractivity (Wildman–Crippen MR) is 93.8 cm³/mol. The molecule has 0 unspecified atom stereocenters. The molecule has 0 spiro atoms. The van der Waals surface area contributed by atoms with Crippen molar-refractivity contribution in [3.63, 3.8) is 0 Å².